The third-order valence-corrected chi connectivity index (χ3v) is 6.80. The average Bonchev–Trinajstić information content (AvgIpc) is 3.47. The van der Waals surface area contributed by atoms with Crippen molar-refractivity contribution in [1.29, 1.82) is 0 Å². The summed E-state index contributed by atoms with van der Waals surface area (Å²) in [7, 11) is 2.90. The van der Waals surface area contributed by atoms with Crippen molar-refractivity contribution >= 4 is 11.8 Å². The highest BCUT2D eigenvalue weighted by Crippen LogP contribution is 2.35. The molecule has 0 radical (unpaired) electrons. The van der Waals surface area contributed by atoms with E-state index in [1.54, 1.807) is 37.4 Å². The van der Waals surface area contributed by atoms with Crippen molar-refractivity contribution in [3.63, 3.8) is 0 Å². The second-order valence-corrected chi connectivity index (χ2v) is 9.52. The van der Waals surface area contributed by atoms with Crippen LogP contribution in [0.25, 0.3) is 0 Å². The van der Waals surface area contributed by atoms with Crippen LogP contribution >= 0.6 is 0 Å². The Morgan fingerprint density at radius 3 is 2.10 bits per heavy atom. The molecule has 0 bridgehead atoms. The molecule has 208 valence electrons. The van der Waals surface area contributed by atoms with E-state index >= 15 is 0 Å². The molecule has 1 saturated carbocycles. The minimum atomic E-state index is -4.47. The zero-order chi connectivity index (χ0) is 28.7. The molecule has 0 aliphatic heterocycles. The van der Waals surface area contributed by atoms with E-state index in [9.17, 15) is 22.8 Å². The van der Waals surface area contributed by atoms with Crippen LogP contribution in [-0.4, -0.2) is 32.1 Å². The van der Waals surface area contributed by atoms with Gasteiger partial charge in [-0.25, -0.2) is 0 Å². The first-order chi connectivity index (χ1) is 19.2. The largest absolute Gasteiger partial charge is 0.493 e. The zero-order valence-electron chi connectivity index (χ0n) is 22.2. The van der Waals surface area contributed by atoms with Crippen molar-refractivity contribution in [2.45, 2.75) is 50.3 Å². The van der Waals surface area contributed by atoms with Gasteiger partial charge in [0.15, 0.2) is 17.3 Å². The molecule has 1 unspecified atom stereocenters. The van der Waals surface area contributed by atoms with Crippen LogP contribution in [0, 0.1) is 11.8 Å². The van der Waals surface area contributed by atoms with Gasteiger partial charge in [-0.3, -0.25) is 9.59 Å². The molecule has 1 atom stereocenters. The molecule has 1 aliphatic rings. The Morgan fingerprint density at radius 2 is 1.52 bits per heavy atom. The third-order valence-electron chi connectivity index (χ3n) is 6.80. The first kappa shape index (κ1) is 28.8. The number of benzene rings is 3. The molecule has 0 saturated heterocycles. The number of carbonyl (C=O) groups excluding carboxylic acids is 2. The summed E-state index contributed by atoms with van der Waals surface area (Å²) >= 11 is 0. The van der Waals surface area contributed by atoms with E-state index in [0.717, 1.165) is 55.5 Å². The monoisotopic (exact) mass is 550 g/mol. The minimum absolute atomic E-state index is 0.0309. The number of alkyl halides is 3. The van der Waals surface area contributed by atoms with Crippen LogP contribution in [0.5, 0.6) is 11.5 Å². The number of ketones is 1. The van der Waals surface area contributed by atoms with E-state index in [2.05, 4.69) is 11.8 Å². The van der Waals surface area contributed by atoms with Gasteiger partial charge in [0.25, 0.3) is 0 Å². The summed E-state index contributed by atoms with van der Waals surface area (Å²) in [6, 6.07) is 16.0. The van der Waals surface area contributed by atoms with Crippen molar-refractivity contribution < 1.29 is 37.0 Å². The van der Waals surface area contributed by atoms with E-state index in [-0.39, 0.29) is 18.1 Å². The van der Waals surface area contributed by atoms with E-state index in [4.69, 9.17) is 14.2 Å². The number of esters is 1. The lowest BCUT2D eigenvalue weighted by molar-refractivity contribution is -0.141. The van der Waals surface area contributed by atoms with Gasteiger partial charge >= 0.3 is 12.1 Å². The molecule has 0 heterocycles. The standard InChI is InChI=1S/C32H29F3O5/c1-38-28-18-15-24(19-29(28)40-27-5-3-4-6-27)25(20-30(36)39-2)12-9-21-7-10-22(11-8-21)31(37)23-13-16-26(17-14-23)32(33,34)35/h7-8,10-11,13-19,25,27H,3-6,20H2,1-2H3. The summed E-state index contributed by atoms with van der Waals surface area (Å²) < 4.78 is 55.0. The molecule has 5 nitrogen and oxygen atoms in total. The van der Waals surface area contributed by atoms with Crippen molar-refractivity contribution in [1.82, 2.24) is 0 Å². The number of hydrogen-bond donors (Lipinski definition) is 0. The highest BCUT2D eigenvalue weighted by Gasteiger charge is 2.30. The second kappa shape index (κ2) is 12.7. The zero-order valence-corrected chi connectivity index (χ0v) is 22.2. The Labute approximate surface area is 231 Å². The fourth-order valence-corrected chi connectivity index (χ4v) is 4.54. The highest BCUT2D eigenvalue weighted by molar-refractivity contribution is 6.09. The highest BCUT2D eigenvalue weighted by atomic mass is 19.4. The molecule has 3 aromatic carbocycles. The van der Waals surface area contributed by atoms with Gasteiger partial charge in [-0.1, -0.05) is 30.0 Å². The lowest BCUT2D eigenvalue weighted by atomic mass is 9.95. The van der Waals surface area contributed by atoms with Crippen molar-refractivity contribution in [2.24, 2.45) is 0 Å². The van der Waals surface area contributed by atoms with Crippen LogP contribution in [0.1, 0.15) is 70.6 Å². The van der Waals surface area contributed by atoms with Gasteiger partial charge in [-0.15, -0.1) is 0 Å². The number of hydrogen-bond acceptors (Lipinski definition) is 5. The molecular weight excluding hydrogens is 521 g/mol. The second-order valence-electron chi connectivity index (χ2n) is 9.52. The molecule has 40 heavy (non-hydrogen) atoms. The minimum Gasteiger partial charge on any atom is -0.493 e. The molecule has 0 N–H and O–H groups in total. The summed E-state index contributed by atoms with van der Waals surface area (Å²) in [5.74, 6) is 6.11. The molecule has 0 amide bonds. The summed E-state index contributed by atoms with van der Waals surface area (Å²) in [5, 5.41) is 0. The molecule has 1 fully saturated rings. The average molecular weight is 551 g/mol. The van der Waals surface area contributed by atoms with Gasteiger partial charge in [0, 0.05) is 16.7 Å². The summed E-state index contributed by atoms with van der Waals surface area (Å²) in [4.78, 5) is 24.9. The third kappa shape index (κ3) is 7.23. The maximum absolute atomic E-state index is 12.8. The lowest BCUT2D eigenvalue weighted by Gasteiger charge is -2.18. The van der Waals surface area contributed by atoms with Crippen molar-refractivity contribution in [2.75, 3.05) is 14.2 Å². The van der Waals surface area contributed by atoms with Crippen LogP contribution in [0.15, 0.2) is 66.7 Å². The fourth-order valence-electron chi connectivity index (χ4n) is 4.54. The summed E-state index contributed by atoms with van der Waals surface area (Å²) in [5.41, 5.74) is 1.04. The molecule has 1 aliphatic carbocycles. The Morgan fingerprint density at radius 1 is 0.900 bits per heavy atom. The molecule has 3 aromatic rings. The lowest BCUT2D eigenvalue weighted by Crippen LogP contribution is -2.12. The number of methoxy groups -OCH3 is 2. The van der Waals surface area contributed by atoms with Gasteiger partial charge in [-0.05, 0) is 79.8 Å². The van der Waals surface area contributed by atoms with Crippen molar-refractivity contribution in [3.05, 3.63) is 94.5 Å². The summed E-state index contributed by atoms with van der Waals surface area (Å²) in [6.45, 7) is 0. The van der Waals surface area contributed by atoms with E-state index in [1.165, 1.54) is 7.11 Å². The maximum Gasteiger partial charge on any atom is 0.416 e. The molecule has 0 aromatic heterocycles. The predicted molar refractivity (Wildman–Crippen MR) is 143 cm³/mol. The molecule has 4 rings (SSSR count). The number of carbonyl (C=O) groups is 2. The van der Waals surface area contributed by atoms with E-state index in [1.807, 2.05) is 12.1 Å². The van der Waals surface area contributed by atoms with Crippen LogP contribution in [0.2, 0.25) is 0 Å². The first-order valence-corrected chi connectivity index (χ1v) is 12.9. The molecule has 0 spiro atoms. The van der Waals surface area contributed by atoms with Gasteiger partial charge in [0.2, 0.25) is 0 Å². The quantitative estimate of drug-likeness (QED) is 0.172. The normalized spacial score (nSPS) is 14.1. The van der Waals surface area contributed by atoms with E-state index < -0.39 is 29.4 Å². The first-order valence-electron chi connectivity index (χ1n) is 12.9. The molecule has 8 heteroatoms. The fraction of sp³-hybridized carbons (Fsp3) is 0.312. The Hall–Kier alpha value is -4.25. The van der Waals surface area contributed by atoms with Gasteiger partial charge in [0.1, 0.15) is 0 Å². The van der Waals surface area contributed by atoms with Crippen LogP contribution in [0.4, 0.5) is 13.2 Å². The SMILES string of the molecule is COC(=O)CC(C#Cc1ccc(C(=O)c2ccc(C(F)(F)F)cc2)cc1)c1ccc(OC)c(OC2CCCC2)c1. The smallest absolute Gasteiger partial charge is 0.416 e. The maximum atomic E-state index is 12.8. The molecular formula is C32H29F3O5. The van der Waals surface area contributed by atoms with Crippen LogP contribution in [-0.2, 0) is 15.7 Å². The number of halogens is 3. The topological polar surface area (TPSA) is 61.8 Å². The van der Waals surface area contributed by atoms with Crippen LogP contribution in [0.3, 0.4) is 0 Å². The predicted octanol–water partition coefficient (Wildman–Crippen LogP) is 6.96. The van der Waals surface area contributed by atoms with Crippen molar-refractivity contribution in [3.8, 4) is 23.3 Å². The number of rotatable bonds is 8. The van der Waals surface area contributed by atoms with Gasteiger partial charge in [-0.2, -0.15) is 13.2 Å². The Balaban J connectivity index is 1.54. The Bertz CT molecular complexity index is 1390. The van der Waals surface area contributed by atoms with Crippen LogP contribution < -0.4 is 9.47 Å². The summed E-state index contributed by atoms with van der Waals surface area (Å²) in [6.07, 6.45) is -0.104. The van der Waals surface area contributed by atoms with Gasteiger partial charge in [0.05, 0.1) is 38.2 Å². The Kier molecular flexibility index (Phi) is 9.15. The van der Waals surface area contributed by atoms with Gasteiger partial charge < -0.3 is 14.2 Å². The van der Waals surface area contributed by atoms with E-state index in [0.29, 0.717) is 22.6 Å². The number of ether oxygens (including phenoxy) is 3.